The van der Waals surface area contributed by atoms with Crippen LogP contribution in [-0.2, 0) is 4.74 Å². The van der Waals surface area contributed by atoms with Gasteiger partial charge in [-0.05, 0) is 17.3 Å². The van der Waals surface area contributed by atoms with E-state index in [0.29, 0.717) is 23.4 Å². The molecule has 1 fully saturated rings. The topological polar surface area (TPSA) is 24.5 Å². The lowest BCUT2D eigenvalue weighted by atomic mass is 9.82. The van der Waals surface area contributed by atoms with E-state index in [0.717, 1.165) is 38.8 Å². The van der Waals surface area contributed by atoms with Gasteiger partial charge in [0.05, 0.1) is 6.61 Å². The van der Waals surface area contributed by atoms with Crippen molar-refractivity contribution in [2.75, 3.05) is 32.8 Å². The summed E-state index contributed by atoms with van der Waals surface area (Å²) in [6, 6.07) is 1.22. The minimum absolute atomic E-state index is 0.311. The van der Waals surface area contributed by atoms with Gasteiger partial charge in [0, 0.05) is 38.3 Å². The van der Waals surface area contributed by atoms with Gasteiger partial charge in [-0.2, -0.15) is 0 Å². The van der Waals surface area contributed by atoms with Crippen molar-refractivity contribution < 1.29 is 4.74 Å². The zero-order chi connectivity index (χ0) is 16.0. The van der Waals surface area contributed by atoms with Crippen LogP contribution in [-0.4, -0.2) is 49.8 Å². The number of nitrogens with zero attached hydrogens (tertiary/aromatic N) is 1. The second-order valence-electron chi connectivity index (χ2n) is 8.25. The van der Waals surface area contributed by atoms with Crippen LogP contribution in [0.3, 0.4) is 0 Å². The fourth-order valence-electron chi connectivity index (χ4n) is 3.10. The molecule has 1 aliphatic rings. The van der Waals surface area contributed by atoms with Crippen molar-refractivity contribution in [1.82, 2.24) is 10.2 Å². The van der Waals surface area contributed by atoms with Crippen LogP contribution in [0.1, 0.15) is 54.9 Å². The molecule has 1 N–H and O–H groups in total. The van der Waals surface area contributed by atoms with Crippen molar-refractivity contribution in [2.24, 2.45) is 17.3 Å². The highest BCUT2D eigenvalue weighted by Crippen LogP contribution is 2.27. The van der Waals surface area contributed by atoms with E-state index in [4.69, 9.17) is 4.74 Å². The van der Waals surface area contributed by atoms with Gasteiger partial charge >= 0.3 is 0 Å². The summed E-state index contributed by atoms with van der Waals surface area (Å²) in [6.45, 7) is 21.2. The number of hydrogen-bond acceptors (Lipinski definition) is 3. The molecule has 21 heavy (non-hydrogen) atoms. The molecule has 3 atom stereocenters. The standard InChI is InChI=1S/C18H38N2O/c1-8-15(4)16-12-20(9-10-21-13-14(2)3)17(11-19-16)18(5,6)7/h14-17,19H,8-13H2,1-7H3. The van der Waals surface area contributed by atoms with Crippen molar-refractivity contribution in [3.05, 3.63) is 0 Å². The van der Waals surface area contributed by atoms with E-state index in [9.17, 15) is 0 Å². The Morgan fingerprint density at radius 2 is 1.90 bits per heavy atom. The number of ether oxygens (including phenoxy) is 1. The van der Waals surface area contributed by atoms with Gasteiger partial charge in [0.1, 0.15) is 0 Å². The maximum atomic E-state index is 5.82. The molecule has 0 aromatic heterocycles. The third kappa shape index (κ3) is 6.25. The van der Waals surface area contributed by atoms with Gasteiger partial charge in [0.2, 0.25) is 0 Å². The molecular weight excluding hydrogens is 260 g/mol. The van der Waals surface area contributed by atoms with Crippen LogP contribution in [0.2, 0.25) is 0 Å². The molecule has 0 bridgehead atoms. The van der Waals surface area contributed by atoms with E-state index in [-0.39, 0.29) is 0 Å². The average Bonchev–Trinajstić information content (AvgIpc) is 2.41. The lowest BCUT2D eigenvalue weighted by Gasteiger charge is -2.47. The van der Waals surface area contributed by atoms with Gasteiger partial charge in [-0.3, -0.25) is 4.90 Å². The fraction of sp³-hybridized carbons (Fsp3) is 1.00. The highest BCUT2D eigenvalue weighted by Gasteiger charge is 2.36. The predicted molar refractivity (Wildman–Crippen MR) is 91.7 cm³/mol. The van der Waals surface area contributed by atoms with Gasteiger partial charge in [-0.1, -0.05) is 54.9 Å². The Hall–Kier alpha value is -0.120. The summed E-state index contributed by atoms with van der Waals surface area (Å²) >= 11 is 0. The van der Waals surface area contributed by atoms with Crippen LogP contribution in [0, 0.1) is 17.3 Å². The third-order valence-corrected chi connectivity index (χ3v) is 4.75. The minimum atomic E-state index is 0.311. The van der Waals surface area contributed by atoms with E-state index in [1.807, 2.05) is 0 Å². The lowest BCUT2D eigenvalue weighted by molar-refractivity contribution is 0.0129. The number of nitrogens with one attached hydrogen (secondary N) is 1. The van der Waals surface area contributed by atoms with Crippen LogP contribution in [0.15, 0.2) is 0 Å². The Balaban J connectivity index is 2.57. The molecule has 1 rings (SSSR count). The van der Waals surface area contributed by atoms with E-state index < -0.39 is 0 Å². The zero-order valence-corrected chi connectivity index (χ0v) is 15.4. The first-order chi connectivity index (χ1) is 9.75. The van der Waals surface area contributed by atoms with Crippen molar-refractivity contribution in [3.8, 4) is 0 Å². The fourth-order valence-corrected chi connectivity index (χ4v) is 3.10. The maximum absolute atomic E-state index is 5.82. The van der Waals surface area contributed by atoms with Crippen molar-refractivity contribution in [3.63, 3.8) is 0 Å². The largest absolute Gasteiger partial charge is 0.380 e. The number of piperazine rings is 1. The molecule has 0 amide bonds. The molecule has 1 aliphatic heterocycles. The lowest BCUT2D eigenvalue weighted by Crippen LogP contribution is -2.62. The summed E-state index contributed by atoms with van der Waals surface area (Å²) in [7, 11) is 0. The number of rotatable bonds is 7. The van der Waals surface area contributed by atoms with Crippen molar-refractivity contribution in [2.45, 2.75) is 67.0 Å². The van der Waals surface area contributed by atoms with E-state index in [1.54, 1.807) is 0 Å². The molecule has 0 saturated carbocycles. The van der Waals surface area contributed by atoms with E-state index in [1.165, 1.54) is 6.42 Å². The molecule has 3 nitrogen and oxygen atoms in total. The first-order valence-corrected chi connectivity index (χ1v) is 8.80. The monoisotopic (exact) mass is 298 g/mol. The highest BCUT2D eigenvalue weighted by atomic mass is 16.5. The van der Waals surface area contributed by atoms with Crippen LogP contribution < -0.4 is 5.32 Å². The summed E-state index contributed by atoms with van der Waals surface area (Å²) in [5, 5.41) is 3.78. The second kappa shape index (κ2) is 8.50. The average molecular weight is 299 g/mol. The molecule has 1 saturated heterocycles. The Morgan fingerprint density at radius 1 is 1.24 bits per heavy atom. The number of hydrogen-bond donors (Lipinski definition) is 1. The maximum Gasteiger partial charge on any atom is 0.0593 e. The Kier molecular flexibility index (Phi) is 7.66. The third-order valence-electron chi connectivity index (χ3n) is 4.75. The van der Waals surface area contributed by atoms with Gasteiger partial charge in [0.25, 0.3) is 0 Å². The summed E-state index contributed by atoms with van der Waals surface area (Å²) in [4.78, 5) is 2.66. The van der Waals surface area contributed by atoms with Gasteiger partial charge in [0.15, 0.2) is 0 Å². The smallest absolute Gasteiger partial charge is 0.0593 e. The molecule has 0 aromatic carbocycles. The zero-order valence-electron chi connectivity index (χ0n) is 15.4. The molecular formula is C18H38N2O. The van der Waals surface area contributed by atoms with Crippen LogP contribution >= 0.6 is 0 Å². The second-order valence-corrected chi connectivity index (χ2v) is 8.25. The van der Waals surface area contributed by atoms with E-state index in [2.05, 4.69) is 58.7 Å². The van der Waals surface area contributed by atoms with Crippen LogP contribution in [0.25, 0.3) is 0 Å². The molecule has 3 heteroatoms. The van der Waals surface area contributed by atoms with Gasteiger partial charge < -0.3 is 10.1 Å². The SMILES string of the molecule is CCC(C)C1CN(CCOCC(C)C)C(C(C)(C)C)CN1. The van der Waals surface area contributed by atoms with E-state index >= 15 is 0 Å². The summed E-state index contributed by atoms with van der Waals surface area (Å²) in [5.41, 5.74) is 0.311. The summed E-state index contributed by atoms with van der Waals surface area (Å²) in [5.74, 6) is 1.37. The summed E-state index contributed by atoms with van der Waals surface area (Å²) < 4.78 is 5.82. The van der Waals surface area contributed by atoms with Gasteiger partial charge in [-0.25, -0.2) is 0 Å². The Morgan fingerprint density at radius 3 is 2.43 bits per heavy atom. The van der Waals surface area contributed by atoms with Gasteiger partial charge in [-0.15, -0.1) is 0 Å². The molecule has 0 spiro atoms. The quantitative estimate of drug-likeness (QED) is 0.729. The molecule has 0 aromatic rings. The first-order valence-electron chi connectivity index (χ1n) is 8.80. The van der Waals surface area contributed by atoms with Crippen LogP contribution in [0.5, 0.6) is 0 Å². The molecule has 3 unspecified atom stereocenters. The highest BCUT2D eigenvalue weighted by molar-refractivity contribution is 4.93. The molecule has 1 heterocycles. The first kappa shape index (κ1) is 18.9. The molecule has 0 aliphatic carbocycles. The van der Waals surface area contributed by atoms with Crippen LogP contribution in [0.4, 0.5) is 0 Å². The predicted octanol–water partition coefficient (Wildman–Crippen LogP) is 3.39. The molecule has 126 valence electrons. The van der Waals surface area contributed by atoms with Crippen molar-refractivity contribution >= 4 is 0 Å². The molecule has 0 radical (unpaired) electrons. The summed E-state index contributed by atoms with van der Waals surface area (Å²) in [6.07, 6.45) is 1.25. The normalized spacial score (nSPS) is 26.3. The van der Waals surface area contributed by atoms with Crippen molar-refractivity contribution in [1.29, 1.82) is 0 Å². The minimum Gasteiger partial charge on any atom is -0.380 e. The Bertz CT molecular complexity index is 285. The Labute approximate surface area is 132 Å².